The highest BCUT2D eigenvalue weighted by atomic mass is 16.6. The lowest BCUT2D eigenvalue weighted by atomic mass is 10.3. The average molecular weight is 617 g/mol. The summed E-state index contributed by atoms with van der Waals surface area (Å²) in [5.41, 5.74) is 1.31. The van der Waals surface area contributed by atoms with Crippen LogP contribution in [0, 0.1) is 0 Å². The fourth-order valence-electron chi connectivity index (χ4n) is 1.35. The first-order chi connectivity index (χ1) is 19.9. The van der Waals surface area contributed by atoms with Crippen LogP contribution >= 0.6 is 0 Å². The SMILES string of the molecule is C=C(C)C(=O)O.C=C(C)C(=O)OC.C=C(C)C(=O)OCC(O)CO.C=C(C)C(=O)OCC1CO1.C=CC(=O)OCCCC. The Morgan fingerprint density at radius 2 is 1.33 bits per heavy atom. The number of esters is 4. The number of aliphatic hydroxyl groups is 2. The van der Waals surface area contributed by atoms with Gasteiger partial charge in [-0.25, -0.2) is 24.0 Å². The molecule has 0 aromatic carbocycles. The maximum atomic E-state index is 10.7. The second kappa shape index (κ2) is 29.4. The van der Waals surface area contributed by atoms with Crippen LogP contribution in [0.4, 0.5) is 0 Å². The molecule has 0 bridgehead atoms. The van der Waals surface area contributed by atoms with E-state index < -0.39 is 24.6 Å². The summed E-state index contributed by atoms with van der Waals surface area (Å²) in [4.78, 5) is 51.5. The average Bonchev–Trinajstić information content (AvgIpc) is 3.79. The van der Waals surface area contributed by atoms with Crippen LogP contribution in [0.3, 0.4) is 0 Å². The molecular weight excluding hydrogens is 568 g/mol. The molecule has 1 saturated heterocycles. The molecule has 0 saturated carbocycles. The smallest absolute Gasteiger partial charge is 0.333 e. The van der Waals surface area contributed by atoms with E-state index in [9.17, 15) is 24.0 Å². The van der Waals surface area contributed by atoms with Gasteiger partial charge < -0.3 is 39.0 Å². The third-order valence-corrected chi connectivity index (χ3v) is 3.93. The Morgan fingerprint density at radius 3 is 1.60 bits per heavy atom. The molecular formula is C30H48O13. The second-order valence-corrected chi connectivity index (χ2v) is 8.63. The Hall–Kier alpha value is -4.07. The van der Waals surface area contributed by atoms with Crippen molar-refractivity contribution in [3.8, 4) is 0 Å². The van der Waals surface area contributed by atoms with Gasteiger partial charge in [-0.2, -0.15) is 0 Å². The largest absolute Gasteiger partial charge is 0.478 e. The fraction of sp³-hybridized carbons (Fsp3) is 0.500. The number of carbonyl (C=O) groups excluding carboxylic acids is 4. The molecule has 1 aliphatic heterocycles. The van der Waals surface area contributed by atoms with Gasteiger partial charge in [-0.05, 0) is 34.1 Å². The molecule has 3 N–H and O–H groups in total. The van der Waals surface area contributed by atoms with Gasteiger partial charge in [0.1, 0.15) is 25.4 Å². The van der Waals surface area contributed by atoms with Crippen molar-refractivity contribution in [1.29, 1.82) is 0 Å². The third-order valence-electron chi connectivity index (χ3n) is 3.93. The number of carboxylic acids is 1. The van der Waals surface area contributed by atoms with Crippen LogP contribution in [0.1, 0.15) is 47.5 Å². The minimum Gasteiger partial charge on any atom is -0.478 e. The molecule has 1 aliphatic rings. The Kier molecular flexibility index (Phi) is 31.4. The molecule has 2 unspecified atom stereocenters. The number of carboxylic acid groups (broad SMARTS) is 1. The summed E-state index contributed by atoms with van der Waals surface area (Å²) in [5.74, 6) is -2.51. The molecule has 13 heteroatoms. The van der Waals surface area contributed by atoms with Crippen molar-refractivity contribution in [2.45, 2.75) is 59.7 Å². The highest BCUT2D eigenvalue weighted by Gasteiger charge is 2.24. The predicted molar refractivity (Wildman–Crippen MR) is 160 cm³/mol. The summed E-state index contributed by atoms with van der Waals surface area (Å²) < 4.78 is 23.1. The van der Waals surface area contributed by atoms with Gasteiger partial charge >= 0.3 is 29.8 Å². The molecule has 43 heavy (non-hydrogen) atoms. The third kappa shape index (κ3) is 37.9. The number of hydrogen-bond acceptors (Lipinski definition) is 12. The van der Waals surface area contributed by atoms with E-state index in [4.69, 9.17) is 24.8 Å². The summed E-state index contributed by atoms with van der Waals surface area (Å²) in [6.07, 6.45) is 2.29. The number of carbonyl (C=O) groups is 5. The number of unbranched alkanes of at least 4 members (excludes halogenated alkanes) is 1. The highest BCUT2D eigenvalue weighted by molar-refractivity contribution is 5.87. The van der Waals surface area contributed by atoms with Gasteiger partial charge in [-0.15, -0.1) is 0 Å². The van der Waals surface area contributed by atoms with E-state index in [2.05, 4.69) is 47.1 Å². The van der Waals surface area contributed by atoms with Crippen molar-refractivity contribution in [1.82, 2.24) is 0 Å². The summed E-state index contributed by atoms with van der Waals surface area (Å²) in [6, 6.07) is 0. The first-order valence-electron chi connectivity index (χ1n) is 12.9. The quantitative estimate of drug-likeness (QED) is 0.0899. The Bertz CT molecular complexity index is 918. The zero-order valence-electron chi connectivity index (χ0n) is 26.1. The molecule has 0 spiro atoms. The molecule has 0 radical (unpaired) electrons. The van der Waals surface area contributed by atoms with E-state index in [-0.39, 0.29) is 41.8 Å². The first kappa shape index (κ1) is 45.9. The van der Waals surface area contributed by atoms with Gasteiger partial charge in [0.15, 0.2) is 0 Å². The fourth-order valence-corrected chi connectivity index (χ4v) is 1.35. The number of aliphatic carboxylic acids is 1. The lowest BCUT2D eigenvalue weighted by Gasteiger charge is -2.07. The van der Waals surface area contributed by atoms with Crippen molar-refractivity contribution in [3.63, 3.8) is 0 Å². The van der Waals surface area contributed by atoms with E-state index in [1.807, 2.05) is 6.92 Å². The van der Waals surface area contributed by atoms with Crippen molar-refractivity contribution in [2.75, 3.05) is 40.1 Å². The van der Waals surface area contributed by atoms with E-state index in [1.54, 1.807) is 13.8 Å². The Morgan fingerprint density at radius 1 is 0.884 bits per heavy atom. The zero-order chi connectivity index (χ0) is 34.5. The molecule has 1 fully saturated rings. The van der Waals surface area contributed by atoms with Crippen LogP contribution in [-0.4, -0.2) is 97.5 Å². The molecule has 1 heterocycles. The minimum atomic E-state index is -1.00. The Balaban J connectivity index is -0.000000225. The molecule has 0 aromatic heterocycles. The summed E-state index contributed by atoms with van der Waals surface area (Å²) in [5, 5.41) is 24.9. The van der Waals surface area contributed by atoms with Gasteiger partial charge in [0.05, 0.1) is 26.9 Å². The van der Waals surface area contributed by atoms with Gasteiger partial charge in [0.2, 0.25) is 0 Å². The molecule has 0 aromatic rings. The molecule has 246 valence electrons. The first-order valence-corrected chi connectivity index (χ1v) is 12.9. The number of epoxide rings is 1. The van der Waals surface area contributed by atoms with E-state index in [0.29, 0.717) is 31.0 Å². The molecule has 13 nitrogen and oxygen atoms in total. The van der Waals surface area contributed by atoms with Gasteiger partial charge in [-0.1, -0.05) is 46.2 Å². The topological polar surface area (TPSA) is 195 Å². The van der Waals surface area contributed by atoms with Crippen LogP contribution in [0.5, 0.6) is 0 Å². The lowest BCUT2D eigenvalue weighted by molar-refractivity contribution is -0.142. The van der Waals surface area contributed by atoms with Crippen LogP contribution in [0.15, 0.2) is 61.3 Å². The number of methoxy groups -OCH3 is 1. The van der Waals surface area contributed by atoms with Gasteiger partial charge in [-0.3, -0.25) is 0 Å². The van der Waals surface area contributed by atoms with Crippen molar-refractivity contribution in [3.05, 3.63) is 61.3 Å². The minimum absolute atomic E-state index is 0.142. The summed E-state index contributed by atoms with van der Waals surface area (Å²) in [7, 11) is 1.33. The predicted octanol–water partition coefficient (Wildman–Crippen LogP) is 2.86. The van der Waals surface area contributed by atoms with Crippen molar-refractivity contribution >= 4 is 29.8 Å². The molecule has 0 aliphatic carbocycles. The highest BCUT2D eigenvalue weighted by Crippen LogP contribution is 2.09. The maximum absolute atomic E-state index is 10.7. The lowest BCUT2D eigenvalue weighted by Crippen LogP contribution is -2.22. The summed E-state index contributed by atoms with van der Waals surface area (Å²) >= 11 is 0. The second-order valence-electron chi connectivity index (χ2n) is 8.63. The van der Waals surface area contributed by atoms with Crippen molar-refractivity contribution in [2.24, 2.45) is 0 Å². The normalized spacial score (nSPS) is 12.3. The monoisotopic (exact) mass is 616 g/mol. The van der Waals surface area contributed by atoms with Crippen LogP contribution in [0.2, 0.25) is 0 Å². The van der Waals surface area contributed by atoms with Crippen LogP contribution in [0.25, 0.3) is 0 Å². The van der Waals surface area contributed by atoms with Crippen LogP contribution < -0.4 is 0 Å². The molecule has 2 atom stereocenters. The molecule has 1 rings (SSSR count). The zero-order valence-corrected chi connectivity index (χ0v) is 26.1. The number of aliphatic hydroxyl groups excluding tert-OH is 2. The molecule has 0 amide bonds. The van der Waals surface area contributed by atoms with Crippen molar-refractivity contribution < 1.29 is 63.0 Å². The maximum Gasteiger partial charge on any atom is 0.333 e. The number of ether oxygens (including phenoxy) is 5. The van der Waals surface area contributed by atoms with E-state index in [0.717, 1.165) is 12.8 Å². The number of rotatable bonds is 13. The standard InChI is InChI=1S/C7H12O4.C7H10O3.C7H12O2.C5H8O2.C4H6O2/c1-5(2)7(10)11-4-6(9)3-8;1-5(2)7(8)10-4-6-3-9-6;1-3-5-6-9-7(8)4-2;1-4(2)5(6)7-3;1-3(2)4(5)6/h6,8-9H,1,3-4H2,2H3;6H,1,3-4H2,2H3;4H,2-3,5-6H2,1H3;1H2,2-3H3;1H2,2H3,(H,5,6). The number of hydrogen-bond donors (Lipinski definition) is 3. The van der Waals surface area contributed by atoms with Gasteiger partial charge in [0, 0.05) is 28.4 Å². The Labute approximate surface area is 254 Å². The van der Waals surface area contributed by atoms with Crippen LogP contribution in [-0.2, 0) is 47.7 Å². The summed E-state index contributed by atoms with van der Waals surface area (Å²) in [6.45, 7) is 25.8. The van der Waals surface area contributed by atoms with E-state index >= 15 is 0 Å². The van der Waals surface area contributed by atoms with Gasteiger partial charge in [0.25, 0.3) is 0 Å². The van der Waals surface area contributed by atoms with E-state index in [1.165, 1.54) is 27.0 Å².